The number of hydrogen-bond donors (Lipinski definition) is 1. The third-order valence-electron chi connectivity index (χ3n) is 3.77. The molecule has 1 amide bonds. The summed E-state index contributed by atoms with van der Waals surface area (Å²) in [6.07, 6.45) is -4.44. The first-order valence-electron chi connectivity index (χ1n) is 7.57. The smallest absolute Gasteiger partial charge is 0.416 e. The summed E-state index contributed by atoms with van der Waals surface area (Å²) < 4.78 is 49.5. The lowest BCUT2D eigenvalue weighted by atomic mass is 10.0. The highest BCUT2D eigenvalue weighted by molar-refractivity contribution is 9.10. The van der Waals surface area contributed by atoms with E-state index < -0.39 is 23.7 Å². The summed E-state index contributed by atoms with van der Waals surface area (Å²) in [5.74, 6) is 0.349. The summed E-state index contributed by atoms with van der Waals surface area (Å²) in [6, 6.07) is 7.26. The van der Waals surface area contributed by atoms with E-state index in [0.29, 0.717) is 21.5 Å². The molecule has 2 aromatic carbocycles. The van der Waals surface area contributed by atoms with Gasteiger partial charge >= 0.3 is 6.18 Å². The molecular weight excluding hydrogens is 415 g/mol. The number of hydrogen-bond acceptors (Lipinski definition) is 3. The summed E-state index contributed by atoms with van der Waals surface area (Å²) >= 11 is 3.31. The number of ether oxygens (including phenoxy) is 2. The third kappa shape index (κ3) is 4.49. The van der Waals surface area contributed by atoms with Crippen LogP contribution in [0.1, 0.15) is 34.5 Å². The van der Waals surface area contributed by atoms with E-state index in [-0.39, 0.29) is 5.56 Å². The van der Waals surface area contributed by atoms with Gasteiger partial charge in [-0.2, -0.15) is 13.2 Å². The molecule has 0 aromatic heterocycles. The van der Waals surface area contributed by atoms with Crippen molar-refractivity contribution in [3.63, 3.8) is 0 Å². The molecular formula is C18H17BrF3NO3. The predicted octanol–water partition coefficient (Wildman–Crippen LogP) is 4.98. The standard InChI is InChI=1S/C18H17BrF3NO3/c1-10(11-5-4-6-13(7-11)18(20,21)22)23-17(24)12-8-14(25-2)16(19)15(9-12)26-3/h4-10H,1-3H3,(H,23,24). The molecule has 0 aliphatic carbocycles. The lowest BCUT2D eigenvalue weighted by Crippen LogP contribution is -2.27. The maximum Gasteiger partial charge on any atom is 0.416 e. The second-order valence-corrected chi connectivity index (χ2v) is 6.31. The topological polar surface area (TPSA) is 47.6 Å². The molecule has 1 unspecified atom stereocenters. The number of amides is 1. The molecule has 1 N–H and O–H groups in total. The summed E-state index contributed by atoms with van der Waals surface area (Å²) in [7, 11) is 2.90. The van der Waals surface area contributed by atoms with Gasteiger partial charge in [-0.05, 0) is 52.7 Å². The van der Waals surface area contributed by atoms with E-state index in [1.807, 2.05) is 0 Å². The second-order valence-electron chi connectivity index (χ2n) is 5.51. The minimum absolute atomic E-state index is 0.265. The zero-order chi connectivity index (χ0) is 19.5. The van der Waals surface area contributed by atoms with Gasteiger partial charge < -0.3 is 14.8 Å². The summed E-state index contributed by atoms with van der Waals surface area (Å²) in [5, 5.41) is 2.68. The Balaban J connectivity index is 2.25. The van der Waals surface area contributed by atoms with Gasteiger partial charge in [0.1, 0.15) is 16.0 Å². The van der Waals surface area contributed by atoms with Crippen LogP contribution in [-0.2, 0) is 6.18 Å². The van der Waals surface area contributed by atoms with Crippen LogP contribution in [0.3, 0.4) is 0 Å². The number of carbonyl (C=O) groups is 1. The second kappa shape index (κ2) is 7.99. The number of benzene rings is 2. The van der Waals surface area contributed by atoms with Crippen LogP contribution in [-0.4, -0.2) is 20.1 Å². The highest BCUT2D eigenvalue weighted by Gasteiger charge is 2.30. The summed E-state index contributed by atoms with van der Waals surface area (Å²) in [4.78, 5) is 12.5. The van der Waals surface area contributed by atoms with Crippen molar-refractivity contribution in [3.8, 4) is 11.5 Å². The molecule has 0 aliphatic heterocycles. The van der Waals surface area contributed by atoms with Crippen LogP contribution in [0, 0.1) is 0 Å². The van der Waals surface area contributed by atoms with E-state index in [1.165, 1.54) is 38.5 Å². The Bertz CT molecular complexity index is 784. The van der Waals surface area contributed by atoms with Crippen molar-refractivity contribution in [2.75, 3.05) is 14.2 Å². The number of methoxy groups -OCH3 is 2. The first-order chi connectivity index (χ1) is 12.2. The van der Waals surface area contributed by atoms with Crippen molar-refractivity contribution in [1.82, 2.24) is 5.32 Å². The Labute approximate surface area is 157 Å². The third-order valence-corrected chi connectivity index (χ3v) is 4.55. The number of carbonyl (C=O) groups excluding carboxylic acids is 1. The molecule has 0 spiro atoms. The highest BCUT2D eigenvalue weighted by atomic mass is 79.9. The van der Waals surface area contributed by atoms with Crippen molar-refractivity contribution >= 4 is 21.8 Å². The van der Waals surface area contributed by atoms with Gasteiger partial charge in [-0.3, -0.25) is 4.79 Å². The molecule has 0 radical (unpaired) electrons. The molecule has 0 aliphatic rings. The number of alkyl halides is 3. The van der Waals surface area contributed by atoms with E-state index in [1.54, 1.807) is 6.92 Å². The van der Waals surface area contributed by atoms with Crippen LogP contribution < -0.4 is 14.8 Å². The van der Waals surface area contributed by atoms with Gasteiger partial charge in [-0.15, -0.1) is 0 Å². The fraction of sp³-hybridized carbons (Fsp3) is 0.278. The molecule has 4 nitrogen and oxygen atoms in total. The zero-order valence-electron chi connectivity index (χ0n) is 14.3. The first kappa shape index (κ1) is 20.1. The average molecular weight is 432 g/mol. The molecule has 0 saturated carbocycles. The maximum atomic E-state index is 12.8. The predicted molar refractivity (Wildman–Crippen MR) is 94.6 cm³/mol. The Morgan fingerprint density at radius 2 is 1.69 bits per heavy atom. The molecule has 140 valence electrons. The van der Waals surface area contributed by atoms with Crippen LogP contribution in [0.2, 0.25) is 0 Å². The molecule has 0 heterocycles. The van der Waals surface area contributed by atoms with Gasteiger partial charge in [0, 0.05) is 5.56 Å². The number of rotatable bonds is 5. The van der Waals surface area contributed by atoms with Crippen LogP contribution in [0.25, 0.3) is 0 Å². The molecule has 0 fully saturated rings. The van der Waals surface area contributed by atoms with Crippen LogP contribution in [0.5, 0.6) is 11.5 Å². The molecule has 0 bridgehead atoms. The zero-order valence-corrected chi connectivity index (χ0v) is 15.9. The highest BCUT2D eigenvalue weighted by Crippen LogP contribution is 2.36. The van der Waals surface area contributed by atoms with E-state index in [9.17, 15) is 18.0 Å². The molecule has 2 aromatic rings. The fourth-order valence-electron chi connectivity index (χ4n) is 2.35. The Morgan fingerprint density at radius 1 is 1.12 bits per heavy atom. The molecule has 8 heteroatoms. The molecule has 1 atom stereocenters. The van der Waals surface area contributed by atoms with Crippen molar-refractivity contribution < 1.29 is 27.4 Å². The van der Waals surface area contributed by atoms with Gasteiger partial charge in [0.15, 0.2) is 0 Å². The lowest BCUT2D eigenvalue weighted by Gasteiger charge is -2.17. The van der Waals surface area contributed by atoms with Crippen molar-refractivity contribution in [1.29, 1.82) is 0 Å². The fourth-order valence-corrected chi connectivity index (χ4v) is 2.90. The van der Waals surface area contributed by atoms with Crippen molar-refractivity contribution in [2.24, 2.45) is 0 Å². The maximum absolute atomic E-state index is 12.8. The van der Waals surface area contributed by atoms with Crippen molar-refractivity contribution in [2.45, 2.75) is 19.1 Å². The summed E-state index contributed by atoms with van der Waals surface area (Å²) in [5.41, 5.74) is -0.145. The quantitative estimate of drug-likeness (QED) is 0.726. The minimum Gasteiger partial charge on any atom is -0.495 e. The Kier molecular flexibility index (Phi) is 6.17. The lowest BCUT2D eigenvalue weighted by molar-refractivity contribution is -0.137. The van der Waals surface area contributed by atoms with E-state index in [2.05, 4.69) is 21.2 Å². The number of halogens is 4. The van der Waals surface area contributed by atoms with Gasteiger partial charge in [-0.25, -0.2) is 0 Å². The molecule has 0 saturated heterocycles. The van der Waals surface area contributed by atoms with Gasteiger partial charge in [0.05, 0.1) is 25.8 Å². The van der Waals surface area contributed by atoms with Gasteiger partial charge in [0.2, 0.25) is 0 Å². The van der Waals surface area contributed by atoms with Gasteiger partial charge in [0.25, 0.3) is 5.91 Å². The largest absolute Gasteiger partial charge is 0.495 e. The molecule has 26 heavy (non-hydrogen) atoms. The monoisotopic (exact) mass is 431 g/mol. The molecule has 2 rings (SSSR count). The van der Waals surface area contributed by atoms with E-state index >= 15 is 0 Å². The van der Waals surface area contributed by atoms with Gasteiger partial charge in [-0.1, -0.05) is 12.1 Å². The van der Waals surface area contributed by atoms with Crippen LogP contribution in [0.15, 0.2) is 40.9 Å². The van der Waals surface area contributed by atoms with Crippen LogP contribution >= 0.6 is 15.9 Å². The number of nitrogens with one attached hydrogen (secondary N) is 1. The normalized spacial score (nSPS) is 12.4. The van der Waals surface area contributed by atoms with E-state index in [4.69, 9.17) is 9.47 Å². The Hall–Kier alpha value is -2.22. The first-order valence-corrected chi connectivity index (χ1v) is 8.36. The average Bonchev–Trinajstić information content (AvgIpc) is 2.61. The van der Waals surface area contributed by atoms with Crippen molar-refractivity contribution in [3.05, 3.63) is 57.6 Å². The minimum atomic E-state index is -4.44. The van der Waals surface area contributed by atoms with E-state index in [0.717, 1.165) is 12.1 Å². The Morgan fingerprint density at radius 3 is 2.19 bits per heavy atom. The summed E-state index contributed by atoms with van der Waals surface area (Å²) in [6.45, 7) is 1.61. The van der Waals surface area contributed by atoms with Crippen LogP contribution in [0.4, 0.5) is 13.2 Å². The SMILES string of the molecule is COc1cc(C(=O)NC(C)c2cccc(C(F)(F)F)c2)cc(OC)c1Br.